The van der Waals surface area contributed by atoms with Gasteiger partial charge in [0.2, 0.25) is 0 Å². The number of primary amides is 1. The van der Waals surface area contributed by atoms with Gasteiger partial charge in [0.05, 0.1) is 5.56 Å². The number of allylic oxidation sites excluding steroid dienone is 1. The molecule has 1 unspecified atom stereocenters. The fraction of sp³-hybridized carbons (Fsp3) is 0.300. The summed E-state index contributed by atoms with van der Waals surface area (Å²) in [6.45, 7) is 6.26. The van der Waals surface area contributed by atoms with Gasteiger partial charge < -0.3 is 20.1 Å². The minimum Gasteiger partial charge on any atom is -0.485 e. The molecule has 2 N–H and O–H groups in total. The van der Waals surface area contributed by atoms with Gasteiger partial charge in [-0.05, 0) is 36.6 Å². The van der Waals surface area contributed by atoms with Crippen molar-refractivity contribution in [2.75, 3.05) is 13.2 Å². The van der Waals surface area contributed by atoms with Gasteiger partial charge in [-0.25, -0.2) is 0 Å². The average Bonchev–Trinajstić information content (AvgIpc) is 3.05. The van der Waals surface area contributed by atoms with Crippen molar-refractivity contribution in [2.45, 2.75) is 25.5 Å². The van der Waals surface area contributed by atoms with Crippen LogP contribution in [0.1, 0.15) is 40.4 Å². The summed E-state index contributed by atoms with van der Waals surface area (Å²) in [5.74, 6) is 0.406. The number of fused-ring (bicyclic) bond motifs is 1. The van der Waals surface area contributed by atoms with Gasteiger partial charge in [0, 0.05) is 36.7 Å². The first-order valence-corrected chi connectivity index (χ1v) is 8.70. The molecule has 0 saturated carbocycles. The van der Waals surface area contributed by atoms with Crippen LogP contribution in [0.3, 0.4) is 0 Å². The Labute approximate surface area is 152 Å². The number of ether oxygens (including phenoxy) is 2. The maximum atomic E-state index is 11.5. The van der Waals surface area contributed by atoms with Crippen molar-refractivity contribution in [3.8, 4) is 11.5 Å². The molecule has 2 aliphatic heterocycles. The molecule has 2 aromatic rings. The minimum atomic E-state index is -0.529. The molecule has 26 heavy (non-hydrogen) atoms. The zero-order valence-corrected chi connectivity index (χ0v) is 14.5. The third-order valence-electron chi connectivity index (χ3n) is 4.79. The molecule has 0 radical (unpaired) electrons. The van der Waals surface area contributed by atoms with E-state index in [0.717, 1.165) is 37.1 Å². The Kier molecular flexibility index (Phi) is 4.24. The van der Waals surface area contributed by atoms with E-state index in [4.69, 9.17) is 15.2 Å². The lowest BCUT2D eigenvalue weighted by molar-refractivity contribution is 0.0861. The molecule has 1 aromatic heterocycles. The first-order valence-electron chi connectivity index (χ1n) is 8.70. The van der Waals surface area contributed by atoms with Crippen LogP contribution >= 0.6 is 0 Å². The maximum absolute atomic E-state index is 11.5. The summed E-state index contributed by atoms with van der Waals surface area (Å²) in [6, 6.07) is 7.24. The van der Waals surface area contributed by atoms with Crippen LogP contribution in [-0.2, 0) is 6.54 Å². The third-order valence-corrected chi connectivity index (χ3v) is 4.79. The number of nitrogens with two attached hydrogens (primary N) is 1. The Morgan fingerprint density at radius 2 is 2.27 bits per heavy atom. The number of rotatable bonds is 4. The number of benzene rings is 1. The molecule has 1 saturated heterocycles. The molecule has 3 heterocycles. The largest absolute Gasteiger partial charge is 0.485 e. The molecule has 4 rings (SSSR count). The lowest BCUT2D eigenvalue weighted by Crippen LogP contribution is -2.24. The summed E-state index contributed by atoms with van der Waals surface area (Å²) < 4.78 is 11.8. The molecule has 0 aliphatic carbocycles. The summed E-state index contributed by atoms with van der Waals surface area (Å²) in [5, 5.41) is 0. The third kappa shape index (κ3) is 3.10. The van der Waals surface area contributed by atoms with Crippen LogP contribution in [0.2, 0.25) is 0 Å². The van der Waals surface area contributed by atoms with Gasteiger partial charge in [0.1, 0.15) is 6.61 Å². The highest BCUT2D eigenvalue weighted by Crippen LogP contribution is 2.38. The van der Waals surface area contributed by atoms with Crippen molar-refractivity contribution in [3.05, 3.63) is 65.6 Å². The fourth-order valence-corrected chi connectivity index (χ4v) is 3.43. The smallest absolute Gasteiger partial charge is 0.252 e. The van der Waals surface area contributed by atoms with E-state index in [-0.39, 0.29) is 6.10 Å². The summed E-state index contributed by atoms with van der Waals surface area (Å²) >= 11 is 0. The van der Waals surface area contributed by atoms with Crippen molar-refractivity contribution in [1.82, 2.24) is 9.88 Å². The Hall–Kier alpha value is -3.02. The molecule has 134 valence electrons. The molecule has 1 aromatic carbocycles. The fourth-order valence-electron chi connectivity index (χ4n) is 3.43. The lowest BCUT2D eigenvalue weighted by atomic mass is 10.1. The molecular weight excluding hydrogens is 330 g/mol. The van der Waals surface area contributed by atoms with Crippen LogP contribution in [0.15, 0.2) is 48.9 Å². The Morgan fingerprint density at radius 3 is 3.04 bits per heavy atom. The summed E-state index contributed by atoms with van der Waals surface area (Å²) in [5.41, 5.74) is 8.97. The maximum Gasteiger partial charge on any atom is 0.252 e. The normalized spacial score (nSPS) is 18.8. The zero-order valence-electron chi connectivity index (χ0n) is 14.5. The van der Waals surface area contributed by atoms with Crippen molar-refractivity contribution in [3.63, 3.8) is 0 Å². The van der Waals surface area contributed by atoms with Gasteiger partial charge in [0.25, 0.3) is 5.91 Å². The lowest BCUT2D eigenvalue weighted by Gasteiger charge is -2.28. The number of hydrogen-bond donors (Lipinski definition) is 1. The van der Waals surface area contributed by atoms with Crippen LogP contribution < -0.4 is 15.2 Å². The van der Waals surface area contributed by atoms with Crippen LogP contribution in [0.4, 0.5) is 0 Å². The number of hydrogen-bond acceptors (Lipinski definition) is 5. The Bertz CT molecular complexity index is 865. The topological polar surface area (TPSA) is 77.7 Å². The predicted molar refractivity (Wildman–Crippen MR) is 96.8 cm³/mol. The quantitative estimate of drug-likeness (QED) is 0.916. The summed E-state index contributed by atoms with van der Waals surface area (Å²) in [6.07, 6.45) is 5.60. The molecule has 0 spiro atoms. The van der Waals surface area contributed by atoms with E-state index in [0.29, 0.717) is 23.7 Å². The summed E-state index contributed by atoms with van der Waals surface area (Å²) in [7, 11) is 0. The van der Waals surface area contributed by atoms with Gasteiger partial charge in [-0.3, -0.25) is 9.78 Å². The van der Waals surface area contributed by atoms with Gasteiger partial charge >= 0.3 is 0 Å². The van der Waals surface area contributed by atoms with Crippen molar-refractivity contribution in [2.24, 2.45) is 5.73 Å². The van der Waals surface area contributed by atoms with E-state index in [1.807, 2.05) is 6.20 Å². The summed E-state index contributed by atoms with van der Waals surface area (Å²) in [4.78, 5) is 18.2. The molecule has 1 fully saturated rings. The van der Waals surface area contributed by atoms with Crippen molar-refractivity contribution < 1.29 is 14.3 Å². The number of carbonyl (C=O) groups excluding carboxylic acids is 1. The Balaban J connectivity index is 1.54. The standard InChI is InChI=1S/C20H21N3O3/c1-13-4-3-7-23(13)11-14-8-15(10-22-9-14)18-12-25-19-16(20(21)24)5-2-6-17(19)26-18/h2,5-6,8-10,18H,1,3-4,7,11-12H2,(H2,21,24). The first kappa shape index (κ1) is 16.4. The highest BCUT2D eigenvalue weighted by molar-refractivity contribution is 5.96. The number of amides is 1. The minimum absolute atomic E-state index is 0.278. The molecule has 6 nitrogen and oxygen atoms in total. The Morgan fingerprint density at radius 1 is 1.38 bits per heavy atom. The number of aromatic nitrogens is 1. The van der Waals surface area contributed by atoms with E-state index in [9.17, 15) is 4.79 Å². The number of likely N-dealkylation sites (tertiary alicyclic amines) is 1. The molecule has 1 atom stereocenters. The van der Waals surface area contributed by atoms with E-state index < -0.39 is 5.91 Å². The zero-order chi connectivity index (χ0) is 18.1. The van der Waals surface area contributed by atoms with E-state index >= 15 is 0 Å². The van der Waals surface area contributed by atoms with Crippen LogP contribution in [0, 0.1) is 0 Å². The average molecular weight is 351 g/mol. The number of para-hydroxylation sites is 1. The second kappa shape index (κ2) is 6.71. The highest BCUT2D eigenvalue weighted by atomic mass is 16.6. The highest BCUT2D eigenvalue weighted by Gasteiger charge is 2.26. The van der Waals surface area contributed by atoms with E-state index in [1.165, 1.54) is 5.70 Å². The van der Waals surface area contributed by atoms with Gasteiger partial charge in [-0.15, -0.1) is 0 Å². The van der Waals surface area contributed by atoms with Gasteiger partial charge in [0.15, 0.2) is 17.6 Å². The first-order chi connectivity index (χ1) is 12.6. The van der Waals surface area contributed by atoms with Crippen LogP contribution in [0.5, 0.6) is 11.5 Å². The van der Waals surface area contributed by atoms with Gasteiger partial charge in [-0.1, -0.05) is 12.6 Å². The number of carbonyl (C=O) groups is 1. The molecule has 0 bridgehead atoms. The second-order valence-corrected chi connectivity index (χ2v) is 6.63. The molecular formula is C20H21N3O3. The van der Waals surface area contributed by atoms with Crippen molar-refractivity contribution in [1.29, 1.82) is 0 Å². The number of pyridine rings is 1. The molecule has 6 heteroatoms. The van der Waals surface area contributed by atoms with E-state index in [1.54, 1.807) is 24.4 Å². The monoisotopic (exact) mass is 351 g/mol. The molecule has 1 amide bonds. The second-order valence-electron chi connectivity index (χ2n) is 6.63. The van der Waals surface area contributed by atoms with Crippen molar-refractivity contribution >= 4 is 5.91 Å². The SMILES string of the molecule is C=C1CCCN1Cc1cncc(C2COc3c(cccc3C(N)=O)O2)c1. The predicted octanol–water partition coefficient (Wildman–Crippen LogP) is 2.80. The number of nitrogens with zero attached hydrogens (tertiary/aromatic N) is 2. The van der Waals surface area contributed by atoms with E-state index in [2.05, 4.69) is 22.5 Å². The van der Waals surface area contributed by atoms with Crippen LogP contribution in [-0.4, -0.2) is 28.9 Å². The van der Waals surface area contributed by atoms with Crippen LogP contribution in [0.25, 0.3) is 0 Å². The molecule has 2 aliphatic rings. The van der Waals surface area contributed by atoms with Gasteiger partial charge in [-0.2, -0.15) is 0 Å².